The number of nitrogens with zero attached hydrogens (tertiary/aromatic N) is 1. The summed E-state index contributed by atoms with van der Waals surface area (Å²) in [5.74, 6) is 0. The zero-order valence-electron chi connectivity index (χ0n) is 11.1. The smallest absolute Gasteiger partial charge is 0.0743 e. The first kappa shape index (κ1) is 14.5. The zero-order chi connectivity index (χ0) is 13.1. The molecule has 0 amide bonds. The van der Waals surface area contributed by atoms with Crippen LogP contribution in [0.2, 0.25) is 5.02 Å². The lowest BCUT2D eigenvalue weighted by Gasteiger charge is -2.32. The molecule has 2 nitrogen and oxygen atoms in total. The minimum atomic E-state index is -0.649. The summed E-state index contributed by atoms with van der Waals surface area (Å²) >= 11 is 6.18. The second-order valence-electron chi connectivity index (χ2n) is 4.96. The van der Waals surface area contributed by atoms with Crippen LogP contribution in [0.3, 0.4) is 0 Å². The molecule has 1 N–H and O–H groups in total. The minimum absolute atomic E-state index is 0.196. The molecule has 0 saturated heterocycles. The first-order valence-corrected chi connectivity index (χ1v) is 6.42. The summed E-state index contributed by atoms with van der Waals surface area (Å²) in [6, 6.07) is 8.05. The highest BCUT2D eigenvalue weighted by molar-refractivity contribution is 6.31. The second kappa shape index (κ2) is 5.85. The van der Waals surface area contributed by atoms with Crippen molar-refractivity contribution in [3.63, 3.8) is 0 Å². The Balaban J connectivity index is 2.77. The SMILES string of the molecule is CCC(C)(O)CN(C)C(C)c1ccccc1Cl. The molecule has 17 heavy (non-hydrogen) atoms. The molecule has 0 aromatic heterocycles. The highest BCUT2D eigenvalue weighted by Crippen LogP contribution is 2.27. The molecule has 1 rings (SSSR count). The summed E-state index contributed by atoms with van der Waals surface area (Å²) in [5, 5.41) is 10.9. The highest BCUT2D eigenvalue weighted by atomic mass is 35.5. The molecule has 1 aromatic rings. The maximum Gasteiger partial charge on any atom is 0.0743 e. The Morgan fingerprint density at radius 2 is 2.00 bits per heavy atom. The molecular weight excluding hydrogens is 234 g/mol. The first-order valence-electron chi connectivity index (χ1n) is 6.04. The lowest BCUT2D eigenvalue weighted by molar-refractivity contribution is 0.0139. The molecule has 0 aliphatic rings. The normalized spacial score (nSPS) is 16.9. The molecule has 0 heterocycles. The van der Waals surface area contributed by atoms with E-state index in [0.717, 1.165) is 17.0 Å². The van der Waals surface area contributed by atoms with Crippen molar-refractivity contribution < 1.29 is 5.11 Å². The van der Waals surface area contributed by atoms with Crippen molar-refractivity contribution in [1.82, 2.24) is 4.90 Å². The fourth-order valence-corrected chi connectivity index (χ4v) is 2.13. The second-order valence-corrected chi connectivity index (χ2v) is 5.37. The van der Waals surface area contributed by atoms with Crippen LogP contribution in [0.25, 0.3) is 0 Å². The van der Waals surface area contributed by atoms with Crippen molar-refractivity contribution in [2.75, 3.05) is 13.6 Å². The molecule has 0 spiro atoms. The molecule has 3 heteroatoms. The van der Waals surface area contributed by atoms with Gasteiger partial charge in [0.1, 0.15) is 0 Å². The van der Waals surface area contributed by atoms with Crippen molar-refractivity contribution in [3.05, 3.63) is 34.9 Å². The van der Waals surface area contributed by atoms with Crippen molar-refractivity contribution >= 4 is 11.6 Å². The van der Waals surface area contributed by atoms with Gasteiger partial charge in [-0.2, -0.15) is 0 Å². The van der Waals surface area contributed by atoms with Gasteiger partial charge in [-0.1, -0.05) is 36.7 Å². The predicted octanol–water partition coefficient (Wildman–Crippen LogP) is 3.49. The number of rotatable bonds is 5. The van der Waals surface area contributed by atoms with E-state index >= 15 is 0 Å². The van der Waals surface area contributed by atoms with Gasteiger partial charge in [0.05, 0.1) is 5.60 Å². The fraction of sp³-hybridized carbons (Fsp3) is 0.571. The van der Waals surface area contributed by atoms with Gasteiger partial charge in [-0.25, -0.2) is 0 Å². The number of aliphatic hydroxyl groups is 1. The quantitative estimate of drug-likeness (QED) is 0.871. The summed E-state index contributed by atoms with van der Waals surface area (Å²) in [6.45, 7) is 6.60. The number of benzene rings is 1. The molecule has 2 unspecified atom stereocenters. The molecular formula is C14H22ClNO. The Morgan fingerprint density at radius 1 is 1.41 bits per heavy atom. The maximum atomic E-state index is 10.1. The van der Waals surface area contributed by atoms with Crippen LogP contribution in [-0.2, 0) is 0 Å². The standard InChI is InChI=1S/C14H22ClNO/c1-5-14(3,17)10-16(4)11(2)12-8-6-7-9-13(12)15/h6-9,11,17H,5,10H2,1-4H3. The Labute approximate surface area is 109 Å². The van der Waals surface area contributed by atoms with Crippen LogP contribution in [0.1, 0.15) is 38.8 Å². The lowest BCUT2D eigenvalue weighted by Crippen LogP contribution is -2.39. The summed E-state index contributed by atoms with van der Waals surface area (Å²) in [7, 11) is 2.01. The van der Waals surface area contributed by atoms with E-state index in [9.17, 15) is 5.11 Å². The molecule has 0 radical (unpaired) electrons. The zero-order valence-corrected chi connectivity index (χ0v) is 11.8. The third-order valence-electron chi connectivity index (χ3n) is 3.37. The van der Waals surface area contributed by atoms with Crippen LogP contribution in [0.4, 0.5) is 0 Å². The molecule has 1 aromatic carbocycles. The number of hydrogen-bond donors (Lipinski definition) is 1. The summed E-state index contributed by atoms with van der Waals surface area (Å²) in [6.07, 6.45) is 0.743. The van der Waals surface area contributed by atoms with Crippen LogP contribution in [0.15, 0.2) is 24.3 Å². The summed E-state index contributed by atoms with van der Waals surface area (Å²) in [5.41, 5.74) is 0.452. The third kappa shape index (κ3) is 3.98. The number of hydrogen-bond acceptors (Lipinski definition) is 2. The van der Waals surface area contributed by atoms with Crippen LogP contribution in [0.5, 0.6) is 0 Å². The molecule has 2 atom stereocenters. The largest absolute Gasteiger partial charge is 0.389 e. The van der Waals surface area contributed by atoms with E-state index in [-0.39, 0.29) is 6.04 Å². The van der Waals surface area contributed by atoms with E-state index in [1.54, 1.807) is 0 Å². The summed E-state index contributed by atoms with van der Waals surface area (Å²) in [4.78, 5) is 2.13. The van der Waals surface area contributed by atoms with Gasteiger partial charge in [-0.3, -0.25) is 4.90 Å². The van der Waals surface area contributed by atoms with E-state index in [1.807, 2.05) is 45.2 Å². The maximum absolute atomic E-state index is 10.1. The van der Waals surface area contributed by atoms with E-state index in [2.05, 4.69) is 11.8 Å². The molecule has 0 aliphatic heterocycles. The van der Waals surface area contributed by atoms with Crippen LogP contribution < -0.4 is 0 Å². The van der Waals surface area contributed by atoms with Gasteiger partial charge in [0.25, 0.3) is 0 Å². The molecule has 0 bridgehead atoms. The minimum Gasteiger partial charge on any atom is -0.389 e. The van der Waals surface area contributed by atoms with E-state index in [1.165, 1.54) is 0 Å². The topological polar surface area (TPSA) is 23.5 Å². The van der Waals surface area contributed by atoms with Crippen LogP contribution >= 0.6 is 11.6 Å². The molecule has 0 saturated carbocycles. The first-order chi connectivity index (χ1) is 7.87. The number of halogens is 1. The van der Waals surface area contributed by atoms with Gasteiger partial charge in [-0.05, 0) is 38.9 Å². The van der Waals surface area contributed by atoms with Crippen molar-refractivity contribution in [3.8, 4) is 0 Å². The van der Waals surface area contributed by atoms with Gasteiger partial charge in [0.15, 0.2) is 0 Å². The Hall–Kier alpha value is -0.570. The van der Waals surface area contributed by atoms with Gasteiger partial charge < -0.3 is 5.11 Å². The Bertz CT molecular complexity index is 365. The monoisotopic (exact) mass is 255 g/mol. The van der Waals surface area contributed by atoms with Gasteiger partial charge >= 0.3 is 0 Å². The Kier molecular flexibility index (Phi) is 4.99. The van der Waals surface area contributed by atoms with Crippen molar-refractivity contribution in [1.29, 1.82) is 0 Å². The van der Waals surface area contributed by atoms with Gasteiger partial charge in [0, 0.05) is 17.6 Å². The van der Waals surface area contributed by atoms with Crippen molar-refractivity contribution in [2.45, 2.75) is 38.8 Å². The molecule has 0 fully saturated rings. The van der Waals surface area contributed by atoms with Gasteiger partial charge in [0.2, 0.25) is 0 Å². The predicted molar refractivity (Wildman–Crippen MR) is 73.4 cm³/mol. The molecule has 0 aliphatic carbocycles. The van der Waals surface area contributed by atoms with E-state index in [0.29, 0.717) is 6.54 Å². The fourth-order valence-electron chi connectivity index (χ4n) is 1.84. The van der Waals surface area contributed by atoms with Gasteiger partial charge in [-0.15, -0.1) is 0 Å². The third-order valence-corrected chi connectivity index (χ3v) is 3.71. The average Bonchev–Trinajstić information content (AvgIpc) is 2.28. The Morgan fingerprint density at radius 3 is 2.53 bits per heavy atom. The van der Waals surface area contributed by atoms with E-state index < -0.39 is 5.60 Å². The highest BCUT2D eigenvalue weighted by Gasteiger charge is 2.23. The summed E-state index contributed by atoms with van der Waals surface area (Å²) < 4.78 is 0. The van der Waals surface area contributed by atoms with Crippen molar-refractivity contribution in [2.24, 2.45) is 0 Å². The van der Waals surface area contributed by atoms with Crippen LogP contribution in [-0.4, -0.2) is 29.2 Å². The number of likely N-dealkylation sites (N-methyl/N-ethyl adjacent to an activating group) is 1. The van der Waals surface area contributed by atoms with Crippen LogP contribution in [0, 0.1) is 0 Å². The lowest BCUT2D eigenvalue weighted by atomic mass is 10.0. The average molecular weight is 256 g/mol. The molecule has 96 valence electrons. The van der Waals surface area contributed by atoms with E-state index in [4.69, 9.17) is 11.6 Å².